The lowest BCUT2D eigenvalue weighted by atomic mass is 10.2. The number of alkyl carbamates (subject to hydrolysis) is 1. The molecule has 0 aliphatic heterocycles. The van der Waals surface area contributed by atoms with Crippen molar-refractivity contribution >= 4 is 33.6 Å². The van der Waals surface area contributed by atoms with Crippen molar-refractivity contribution in [3.8, 4) is 0 Å². The zero-order valence-electron chi connectivity index (χ0n) is 15.9. The van der Waals surface area contributed by atoms with E-state index in [9.17, 15) is 14.0 Å². The maximum Gasteiger partial charge on any atom is 0.408 e. The third-order valence-corrected chi connectivity index (χ3v) is 3.37. The number of carbonyl (C=O) groups is 2. The van der Waals surface area contributed by atoms with Gasteiger partial charge in [0.25, 0.3) is 0 Å². The second-order valence-electron chi connectivity index (χ2n) is 7.74. The predicted molar refractivity (Wildman–Crippen MR) is 102 cm³/mol. The molecular formula is C18H26BrFN2O4. The Bertz CT molecular complexity index is 654. The third kappa shape index (κ3) is 8.62. The fourth-order valence-corrected chi connectivity index (χ4v) is 2.14. The van der Waals surface area contributed by atoms with Crippen LogP contribution in [0.1, 0.15) is 41.5 Å². The summed E-state index contributed by atoms with van der Waals surface area (Å²) in [5, 5.41) is 4.93. The first kappa shape index (κ1) is 22.4. The summed E-state index contributed by atoms with van der Waals surface area (Å²) in [4.78, 5) is 24.6. The molecule has 2 N–H and O–H groups in total. The van der Waals surface area contributed by atoms with Crippen LogP contribution in [-0.2, 0) is 14.3 Å². The molecule has 26 heavy (non-hydrogen) atoms. The minimum atomic E-state index is -1.05. The number of halogens is 2. The first-order valence-electron chi connectivity index (χ1n) is 8.16. The van der Waals surface area contributed by atoms with Crippen molar-refractivity contribution < 1.29 is 23.5 Å². The van der Waals surface area contributed by atoms with Crippen LogP contribution in [0, 0.1) is 5.82 Å². The predicted octanol–water partition coefficient (Wildman–Crippen LogP) is 4.24. The van der Waals surface area contributed by atoms with Crippen molar-refractivity contribution in [3.05, 3.63) is 28.5 Å². The average molecular weight is 433 g/mol. The number of carbonyl (C=O) groups excluding carboxylic acids is 2. The molecule has 0 spiro atoms. The fraction of sp³-hybridized carbons (Fsp3) is 0.556. The van der Waals surface area contributed by atoms with E-state index in [4.69, 9.17) is 9.47 Å². The van der Waals surface area contributed by atoms with Crippen molar-refractivity contribution in [3.63, 3.8) is 0 Å². The summed E-state index contributed by atoms with van der Waals surface area (Å²) in [6.45, 7) is 10.5. The van der Waals surface area contributed by atoms with Crippen molar-refractivity contribution in [2.24, 2.45) is 0 Å². The lowest BCUT2D eigenvalue weighted by Crippen LogP contribution is -2.49. The van der Waals surface area contributed by atoms with Gasteiger partial charge in [0.1, 0.15) is 17.5 Å². The monoisotopic (exact) mass is 432 g/mol. The molecule has 2 amide bonds. The van der Waals surface area contributed by atoms with E-state index in [2.05, 4.69) is 26.6 Å². The summed E-state index contributed by atoms with van der Waals surface area (Å²) in [6, 6.07) is 3.12. The van der Waals surface area contributed by atoms with Crippen LogP contribution in [0.3, 0.4) is 0 Å². The molecule has 0 aliphatic carbocycles. The van der Waals surface area contributed by atoms with Gasteiger partial charge in [-0.3, -0.25) is 4.79 Å². The van der Waals surface area contributed by atoms with Crippen LogP contribution in [0.2, 0.25) is 0 Å². The molecule has 0 bridgehead atoms. The van der Waals surface area contributed by atoms with Gasteiger partial charge in [0, 0.05) is 4.47 Å². The van der Waals surface area contributed by atoms with Gasteiger partial charge >= 0.3 is 6.09 Å². The van der Waals surface area contributed by atoms with E-state index in [1.165, 1.54) is 18.2 Å². The highest BCUT2D eigenvalue weighted by Crippen LogP contribution is 2.20. The van der Waals surface area contributed by atoms with Crippen LogP contribution in [0.4, 0.5) is 14.9 Å². The van der Waals surface area contributed by atoms with E-state index in [0.717, 1.165) is 0 Å². The second kappa shape index (κ2) is 8.81. The largest absolute Gasteiger partial charge is 0.444 e. The molecule has 0 saturated heterocycles. The molecule has 0 fully saturated rings. The van der Waals surface area contributed by atoms with Crippen molar-refractivity contribution in [1.82, 2.24) is 5.32 Å². The molecule has 8 heteroatoms. The molecule has 0 unspecified atom stereocenters. The summed E-state index contributed by atoms with van der Waals surface area (Å²) in [5.41, 5.74) is -1.24. The summed E-state index contributed by atoms with van der Waals surface area (Å²) in [6.07, 6.45) is -0.759. The summed E-state index contributed by atoms with van der Waals surface area (Å²) < 4.78 is 25.3. The third-order valence-electron chi connectivity index (χ3n) is 2.88. The quantitative estimate of drug-likeness (QED) is 0.729. The molecular weight excluding hydrogens is 407 g/mol. The number of amides is 2. The number of nitrogens with one attached hydrogen (secondary N) is 2. The average Bonchev–Trinajstić information content (AvgIpc) is 2.44. The smallest absolute Gasteiger partial charge is 0.408 e. The SMILES string of the molecule is CC(C)(C)OC[C@H](NC(=O)OC(C)(C)C)C(=O)Nc1cc(Br)ccc1F. The Hall–Kier alpha value is -1.67. The van der Waals surface area contributed by atoms with Crippen molar-refractivity contribution in [2.45, 2.75) is 58.8 Å². The highest BCUT2D eigenvalue weighted by Gasteiger charge is 2.27. The molecule has 1 aromatic rings. The Morgan fingerprint density at radius 2 is 1.77 bits per heavy atom. The van der Waals surface area contributed by atoms with Gasteiger partial charge in [0.15, 0.2) is 0 Å². The molecule has 1 atom stereocenters. The number of rotatable bonds is 5. The summed E-state index contributed by atoms with van der Waals surface area (Å²) in [7, 11) is 0. The Kier molecular flexibility index (Phi) is 7.58. The maximum absolute atomic E-state index is 13.9. The molecule has 6 nitrogen and oxygen atoms in total. The van der Waals surface area contributed by atoms with Crippen LogP contribution >= 0.6 is 15.9 Å². The molecule has 0 aromatic heterocycles. The van der Waals surface area contributed by atoms with E-state index in [-0.39, 0.29) is 12.3 Å². The Morgan fingerprint density at radius 3 is 2.31 bits per heavy atom. The minimum absolute atomic E-state index is 0.00359. The van der Waals surface area contributed by atoms with E-state index >= 15 is 0 Å². The van der Waals surface area contributed by atoms with E-state index in [1.54, 1.807) is 20.8 Å². The minimum Gasteiger partial charge on any atom is -0.444 e. The van der Waals surface area contributed by atoms with Gasteiger partial charge in [0.05, 0.1) is 17.9 Å². The molecule has 1 rings (SSSR count). The summed E-state index contributed by atoms with van der Waals surface area (Å²) in [5.74, 6) is -1.20. The van der Waals surface area contributed by atoms with Crippen molar-refractivity contribution in [1.29, 1.82) is 0 Å². The molecule has 0 radical (unpaired) electrons. The first-order valence-corrected chi connectivity index (χ1v) is 8.95. The number of hydrogen-bond donors (Lipinski definition) is 2. The van der Waals surface area contributed by atoms with E-state index in [0.29, 0.717) is 4.47 Å². The molecule has 0 heterocycles. The number of ether oxygens (including phenoxy) is 2. The van der Waals surface area contributed by atoms with Crippen LogP contribution in [-0.4, -0.2) is 35.9 Å². The Labute approximate surface area is 161 Å². The van der Waals surface area contributed by atoms with E-state index in [1.807, 2.05) is 20.8 Å². The maximum atomic E-state index is 13.9. The normalized spacial score (nSPS) is 13.1. The van der Waals surface area contributed by atoms with Crippen LogP contribution < -0.4 is 10.6 Å². The number of benzene rings is 1. The molecule has 146 valence electrons. The first-order chi connectivity index (χ1) is 11.8. The zero-order chi connectivity index (χ0) is 20.1. The standard InChI is InChI=1S/C18H26BrFN2O4/c1-17(2,3)25-10-14(22-16(24)26-18(4,5)6)15(23)21-13-9-11(19)7-8-12(13)20/h7-9,14H,10H2,1-6H3,(H,21,23)(H,22,24)/t14-/m0/s1. The van der Waals surface area contributed by atoms with Gasteiger partial charge in [-0.2, -0.15) is 0 Å². The topological polar surface area (TPSA) is 76.7 Å². The highest BCUT2D eigenvalue weighted by molar-refractivity contribution is 9.10. The second-order valence-corrected chi connectivity index (χ2v) is 8.65. The van der Waals surface area contributed by atoms with Gasteiger partial charge < -0.3 is 20.1 Å². The van der Waals surface area contributed by atoms with Crippen LogP contribution in [0.15, 0.2) is 22.7 Å². The zero-order valence-corrected chi connectivity index (χ0v) is 17.5. The molecule has 0 saturated carbocycles. The van der Waals surface area contributed by atoms with Gasteiger partial charge in [-0.1, -0.05) is 15.9 Å². The Balaban J connectivity index is 2.89. The van der Waals surface area contributed by atoms with E-state index < -0.39 is 35.1 Å². The van der Waals surface area contributed by atoms with Gasteiger partial charge in [-0.25, -0.2) is 9.18 Å². The Morgan fingerprint density at radius 1 is 1.15 bits per heavy atom. The highest BCUT2D eigenvalue weighted by atomic mass is 79.9. The van der Waals surface area contributed by atoms with Crippen LogP contribution in [0.25, 0.3) is 0 Å². The van der Waals surface area contributed by atoms with Gasteiger partial charge in [-0.15, -0.1) is 0 Å². The van der Waals surface area contributed by atoms with Gasteiger partial charge in [0.2, 0.25) is 5.91 Å². The van der Waals surface area contributed by atoms with Crippen LogP contribution in [0.5, 0.6) is 0 Å². The molecule has 0 aliphatic rings. The number of hydrogen-bond acceptors (Lipinski definition) is 4. The molecule has 1 aromatic carbocycles. The van der Waals surface area contributed by atoms with Crippen molar-refractivity contribution in [2.75, 3.05) is 11.9 Å². The summed E-state index contributed by atoms with van der Waals surface area (Å²) >= 11 is 3.22. The number of anilines is 1. The van der Waals surface area contributed by atoms with Gasteiger partial charge in [-0.05, 0) is 59.7 Å². The fourth-order valence-electron chi connectivity index (χ4n) is 1.78. The lowest BCUT2D eigenvalue weighted by Gasteiger charge is -2.26. The lowest BCUT2D eigenvalue weighted by molar-refractivity contribution is -0.121.